The van der Waals surface area contributed by atoms with Crippen LogP contribution in [0.5, 0.6) is 0 Å². The Morgan fingerprint density at radius 2 is 1.88 bits per heavy atom. The number of rotatable bonds is 4. The average Bonchev–Trinajstić information content (AvgIpc) is 3.08. The lowest BCUT2D eigenvalue weighted by atomic mass is 10.1. The molecule has 3 aromatic rings. The Balaban J connectivity index is 1.66. The third kappa shape index (κ3) is 4.20. The fraction of sp³-hybridized carbons (Fsp3) is 0.118. The van der Waals surface area contributed by atoms with Gasteiger partial charge >= 0.3 is 12.1 Å². The average molecular weight is 383 g/mol. The first-order valence-electron chi connectivity index (χ1n) is 7.26. The maximum atomic E-state index is 12.7. The van der Waals surface area contributed by atoms with E-state index in [9.17, 15) is 18.0 Å². The highest BCUT2D eigenvalue weighted by Crippen LogP contribution is 2.29. The van der Waals surface area contributed by atoms with Crippen LogP contribution in [0.2, 0.25) is 5.02 Å². The molecule has 0 aliphatic rings. The van der Waals surface area contributed by atoms with E-state index in [4.69, 9.17) is 20.9 Å². The van der Waals surface area contributed by atoms with Crippen molar-refractivity contribution in [1.29, 1.82) is 0 Å². The molecule has 0 atom stereocenters. The van der Waals surface area contributed by atoms with Crippen LogP contribution in [-0.2, 0) is 17.5 Å². The minimum absolute atomic E-state index is 0.00951. The van der Waals surface area contributed by atoms with E-state index < -0.39 is 17.7 Å². The van der Waals surface area contributed by atoms with Gasteiger partial charge in [-0.3, -0.25) is 0 Å². The smallest absolute Gasteiger partial charge is 0.416 e. The number of benzene rings is 2. The topological polar surface area (TPSA) is 65.2 Å². The van der Waals surface area contributed by atoms with Gasteiger partial charge in [-0.1, -0.05) is 22.8 Å². The zero-order valence-electron chi connectivity index (χ0n) is 13.0. The summed E-state index contributed by atoms with van der Waals surface area (Å²) in [7, 11) is 0. The summed E-state index contributed by atoms with van der Waals surface area (Å²) in [6.07, 6.45) is -4.55. The molecular weight excluding hydrogens is 373 g/mol. The maximum absolute atomic E-state index is 12.7. The van der Waals surface area contributed by atoms with Crippen molar-refractivity contribution in [2.24, 2.45) is 0 Å². The van der Waals surface area contributed by atoms with Crippen LogP contribution in [0, 0.1) is 0 Å². The summed E-state index contributed by atoms with van der Waals surface area (Å²) < 4.78 is 47.9. The summed E-state index contributed by atoms with van der Waals surface area (Å²) in [5, 5.41) is 4.29. The summed E-state index contributed by atoms with van der Waals surface area (Å²) in [5.41, 5.74) is -0.513. The first-order chi connectivity index (χ1) is 12.3. The monoisotopic (exact) mass is 382 g/mol. The quantitative estimate of drug-likeness (QED) is 0.608. The van der Waals surface area contributed by atoms with Gasteiger partial charge in [-0.05, 0) is 42.5 Å². The van der Waals surface area contributed by atoms with Gasteiger partial charge in [-0.25, -0.2) is 4.79 Å². The Kier molecular flexibility index (Phi) is 4.94. The van der Waals surface area contributed by atoms with E-state index in [-0.39, 0.29) is 23.9 Å². The van der Waals surface area contributed by atoms with Gasteiger partial charge in [0.2, 0.25) is 5.82 Å². The van der Waals surface area contributed by atoms with Gasteiger partial charge in [0.05, 0.1) is 11.1 Å². The fourth-order valence-electron chi connectivity index (χ4n) is 2.06. The molecule has 0 fully saturated rings. The van der Waals surface area contributed by atoms with Crippen molar-refractivity contribution in [2.45, 2.75) is 12.8 Å². The molecule has 9 heteroatoms. The molecule has 5 nitrogen and oxygen atoms in total. The van der Waals surface area contributed by atoms with Crippen molar-refractivity contribution < 1.29 is 27.2 Å². The highest BCUT2D eigenvalue weighted by Gasteiger charge is 2.31. The number of carbonyl (C=O) groups excluding carboxylic acids is 1. The van der Waals surface area contributed by atoms with Gasteiger partial charge < -0.3 is 9.26 Å². The van der Waals surface area contributed by atoms with Crippen molar-refractivity contribution in [2.75, 3.05) is 0 Å². The number of hydrogen-bond donors (Lipinski definition) is 0. The van der Waals surface area contributed by atoms with Gasteiger partial charge in [0.25, 0.3) is 5.89 Å². The van der Waals surface area contributed by atoms with Crippen molar-refractivity contribution in [1.82, 2.24) is 10.1 Å². The second-order valence-corrected chi connectivity index (χ2v) is 5.61. The van der Waals surface area contributed by atoms with Crippen LogP contribution >= 0.6 is 11.6 Å². The van der Waals surface area contributed by atoms with Gasteiger partial charge in [0, 0.05) is 10.6 Å². The van der Waals surface area contributed by atoms with Gasteiger partial charge in [0.1, 0.15) is 0 Å². The van der Waals surface area contributed by atoms with E-state index in [0.29, 0.717) is 10.6 Å². The first-order valence-corrected chi connectivity index (χ1v) is 7.63. The number of ether oxygens (including phenoxy) is 1. The molecule has 0 aliphatic carbocycles. The van der Waals surface area contributed by atoms with Gasteiger partial charge in [0.15, 0.2) is 6.61 Å². The van der Waals surface area contributed by atoms with Crippen LogP contribution in [0.1, 0.15) is 21.8 Å². The van der Waals surface area contributed by atoms with Crippen LogP contribution in [0.15, 0.2) is 53.1 Å². The van der Waals surface area contributed by atoms with E-state index in [1.165, 1.54) is 6.07 Å². The molecule has 0 saturated carbocycles. The highest BCUT2D eigenvalue weighted by molar-refractivity contribution is 6.30. The van der Waals surface area contributed by atoms with E-state index in [2.05, 4.69) is 10.1 Å². The Morgan fingerprint density at radius 1 is 1.15 bits per heavy atom. The van der Waals surface area contributed by atoms with Crippen LogP contribution in [0.3, 0.4) is 0 Å². The van der Waals surface area contributed by atoms with Crippen molar-refractivity contribution in [3.8, 4) is 11.4 Å². The fourth-order valence-corrected chi connectivity index (χ4v) is 2.19. The molecule has 26 heavy (non-hydrogen) atoms. The first kappa shape index (κ1) is 17.9. The summed E-state index contributed by atoms with van der Waals surface area (Å²) >= 11 is 5.79. The molecule has 0 aliphatic heterocycles. The molecule has 134 valence electrons. The van der Waals surface area contributed by atoms with Gasteiger partial charge in [-0.2, -0.15) is 18.2 Å². The Hall–Kier alpha value is -2.87. The normalized spacial score (nSPS) is 11.4. The van der Waals surface area contributed by atoms with Crippen LogP contribution in [0.25, 0.3) is 11.4 Å². The van der Waals surface area contributed by atoms with Crippen molar-refractivity contribution in [3.63, 3.8) is 0 Å². The zero-order valence-corrected chi connectivity index (χ0v) is 13.7. The zero-order chi connectivity index (χ0) is 18.7. The molecule has 2 aromatic carbocycles. The second kappa shape index (κ2) is 7.17. The minimum Gasteiger partial charge on any atom is -0.452 e. The van der Waals surface area contributed by atoms with E-state index >= 15 is 0 Å². The molecule has 1 aromatic heterocycles. The molecule has 0 N–H and O–H groups in total. The Labute approximate surface area is 150 Å². The number of hydrogen-bond acceptors (Lipinski definition) is 5. The molecule has 0 spiro atoms. The lowest BCUT2D eigenvalue weighted by Gasteiger charge is -2.08. The molecule has 0 radical (unpaired) electrons. The van der Waals surface area contributed by atoms with Crippen LogP contribution < -0.4 is 0 Å². The second-order valence-electron chi connectivity index (χ2n) is 5.17. The lowest BCUT2D eigenvalue weighted by Crippen LogP contribution is -2.09. The van der Waals surface area contributed by atoms with E-state index in [0.717, 1.165) is 18.2 Å². The molecule has 1 heterocycles. The van der Waals surface area contributed by atoms with Crippen LogP contribution in [-0.4, -0.2) is 16.1 Å². The standard InChI is InChI=1S/C17H10ClF3N2O3/c18-13-6-4-10(5-7-13)15-22-14(26-23-15)9-25-16(24)11-2-1-3-12(8-11)17(19,20)21/h1-8H,9H2. The third-order valence-corrected chi connectivity index (χ3v) is 3.57. The predicted octanol–water partition coefficient (Wildman–Crippen LogP) is 4.77. The number of aromatic nitrogens is 2. The number of carbonyl (C=O) groups is 1. The van der Waals surface area contributed by atoms with Crippen molar-refractivity contribution in [3.05, 3.63) is 70.6 Å². The van der Waals surface area contributed by atoms with Crippen LogP contribution in [0.4, 0.5) is 13.2 Å². The number of nitrogens with zero attached hydrogens (tertiary/aromatic N) is 2. The molecule has 0 amide bonds. The lowest BCUT2D eigenvalue weighted by molar-refractivity contribution is -0.137. The SMILES string of the molecule is O=C(OCc1nc(-c2ccc(Cl)cc2)no1)c1cccc(C(F)(F)F)c1. The Morgan fingerprint density at radius 3 is 2.58 bits per heavy atom. The molecule has 3 rings (SSSR count). The minimum atomic E-state index is -4.55. The number of halogens is 4. The molecule has 0 bridgehead atoms. The number of alkyl halides is 3. The largest absolute Gasteiger partial charge is 0.452 e. The van der Waals surface area contributed by atoms with Gasteiger partial charge in [-0.15, -0.1) is 0 Å². The summed E-state index contributed by atoms with van der Waals surface area (Å²) in [5.74, 6) is -0.649. The highest BCUT2D eigenvalue weighted by atomic mass is 35.5. The summed E-state index contributed by atoms with van der Waals surface area (Å²) in [6, 6.07) is 10.6. The summed E-state index contributed by atoms with van der Waals surface area (Å²) in [6.45, 7) is -0.365. The predicted molar refractivity (Wildman–Crippen MR) is 85.3 cm³/mol. The Bertz CT molecular complexity index is 924. The van der Waals surface area contributed by atoms with E-state index in [1.54, 1.807) is 24.3 Å². The third-order valence-electron chi connectivity index (χ3n) is 3.32. The summed E-state index contributed by atoms with van der Waals surface area (Å²) in [4.78, 5) is 16.0. The molecule has 0 unspecified atom stereocenters. The molecular formula is C17H10ClF3N2O3. The number of esters is 1. The molecule has 0 saturated heterocycles. The van der Waals surface area contributed by atoms with E-state index in [1.807, 2.05) is 0 Å². The van der Waals surface area contributed by atoms with Crippen molar-refractivity contribution >= 4 is 17.6 Å². The maximum Gasteiger partial charge on any atom is 0.416 e.